The number of ether oxygens (including phenoxy) is 1. The van der Waals surface area contributed by atoms with E-state index in [1.165, 1.54) is 12.1 Å². The van der Waals surface area contributed by atoms with Gasteiger partial charge in [-0.3, -0.25) is 9.63 Å². The van der Waals surface area contributed by atoms with Crippen molar-refractivity contribution in [2.75, 3.05) is 5.06 Å². The molecule has 1 saturated carbocycles. The Balaban J connectivity index is 1.45. The van der Waals surface area contributed by atoms with Gasteiger partial charge in [0.1, 0.15) is 17.7 Å². The Morgan fingerprint density at radius 1 is 1.06 bits per heavy atom. The Hall–Kier alpha value is -3.32. The second-order valence-corrected chi connectivity index (χ2v) is 10.2. The first-order valence-corrected chi connectivity index (χ1v) is 11.9. The molecule has 0 radical (unpaired) electrons. The van der Waals surface area contributed by atoms with Crippen molar-refractivity contribution >= 4 is 17.4 Å². The summed E-state index contributed by atoms with van der Waals surface area (Å²) in [7, 11) is 0. The Morgan fingerprint density at radius 2 is 1.77 bits per heavy atom. The highest BCUT2D eigenvalue weighted by Gasteiger charge is 2.68. The molecule has 2 aliphatic heterocycles. The van der Waals surface area contributed by atoms with Crippen molar-refractivity contribution in [3.63, 3.8) is 0 Å². The van der Waals surface area contributed by atoms with Crippen molar-refractivity contribution < 1.29 is 27.9 Å². The minimum Gasteiger partial charge on any atom is -0.455 e. The van der Waals surface area contributed by atoms with Crippen LogP contribution in [0.25, 0.3) is 0 Å². The van der Waals surface area contributed by atoms with Gasteiger partial charge < -0.3 is 4.74 Å². The fourth-order valence-corrected chi connectivity index (χ4v) is 6.40. The summed E-state index contributed by atoms with van der Waals surface area (Å²) < 4.78 is 34.4. The molecule has 0 aromatic heterocycles. The summed E-state index contributed by atoms with van der Waals surface area (Å²) in [6.07, 6.45) is 4.49. The zero-order chi connectivity index (χ0) is 24.5. The van der Waals surface area contributed by atoms with Gasteiger partial charge in [-0.15, -0.1) is 0 Å². The quantitative estimate of drug-likeness (QED) is 0.544. The lowest BCUT2D eigenvalue weighted by Gasteiger charge is -2.44. The minimum atomic E-state index is -1.33. The molecular formula is C28H25F2NO4. The summed E-state index contributed by atoms with van der Waals surface area (Å²) in [6, 6.07) is 12.0. The van der Waals surface area contributed by atoms with Crippen molar-refractivity contribution in [1.29, 1.82) is 0 Å². The fourth-order valence-electron chi connectivity index (χ4n) is 6.40. The van der Waals surface area contributed by atoms with Crippen LogP contribution in [0.5, 0.6) is 0 Å². The lowest BCUT2D eigenvalue weighted by molar-refractivity contribution is -0.157. The van der Waals surface area contributed by atoms with Crippen LogP contribution in [0.15, 0.2) is 71.8 Å². The van der Waals surface area contributed by atoms with Crippen LogP contribution < -0.4 is 5.06 Å². The highest BCUT2D eigenvalue weighted by molar-refractivity contribution is 6.06. The summed E-state index contributed by atoms with van der Waals surface area (Å²) in [5, 5.41) is 1.58. The molecule has 6 rings (SSSR count). The number of nitrogens with zero attached hydrogens (tertiary/aromatic N) is 1. The first-order valence-electron chi connectivity index (χ1n) is 11.9. The second-order valence-electron chi connectivity index (χ2n) is 10.2. The Bertz CT molecular complexity index is 1290. The molecule has 1 spiro atoms. The van der Waals surface area contributed by atoms with Crippen molar-refractivity contribution in [3.8, 4) is 0 Å². The Morgan fingerprint density at radius 3 is 2.49 bits per heavy atom. The average molecular weight is 478 g/mol. The highest BCUT2D eigenvalue weighted by atomic mass is 19.1. The molecule has 4 aliphatic rings. The number of carbonyl (C=O) groups is 2. The number of halogens is 2. The number of hydrogen-bond donors (Lipinski definition) is 0. The smallest absolute Gasteiger partial charge is 0.342 e. The molecule has 2 saturated heterocycles. The molecule has 35 heavy (non-hydrogen) atoms. The SMILES string of the molecule is CC1=C2[C@H]3OC(=O)C4(C[C@H](c5cc(F)cc(F)c5)N(c5ccccc5)O4)[C@@H]3CC[C@@]2(C)C=CC1=O. The predicted molar refractivity (Wildman–Crippen MR) is 124 cm³/mol. The topological polar surface area (TPSA) is 55.8 Å². The normalized spacial score (nSPS) is 33.8. The first kappa shape index (κ1) is 22.2. The lowest BCUT2D eigenvalue weighted by atomic mass is 9.60. The van der Waals surface area contributed by atoms with Crippen LogP contribution in [0.2, 0.25) is 0 Å². The van der Waals surface area contributed by atoms with E-state index in [0.29, 0.717) is 23.2 Å². The van der Waals surface area contributed by atoms with Crippen molar-refractivity contribution in [1.82, 2.24) is 0 Å². The molecule has 3 fully saturated rings. The van der Waals surface area contributed by atoms with E-state index in [2.05, 4.69) is 6.92 Å². The maximum absolute atomic E-state index is 14.2. The number of carbonyl (C=O) groups excluding carboxylic acids is 2. The second kappa shape index (κ2) is 7.59. The molecule has 7 heteroatoms. The summed E-state index contributed by atoms with van der Waals surface area (Å²) in [6.45, 7) is 3.85. The van der Waals surface area contributed by atoms with Crippen LogP contribution in [0.3, 0.4) is 0 Å². The van der Waals surface area contributed by atoms with E-state index in [1.54, 1.807) is 18.1 Å². The van der Waals surface area contributed by atoms with Crippen molar-refractivity contribution in [3.05, 3.63) is 89.0 Å². The van der Waals surface area contributed by atoms with Crippen LogP contribution in [-0.2, 0) is 19.2 Å². The molecular weight excluding hydrogens is 452 g/mol. The molecule has 2 aromatic rings. The van der Waals surface area contributed by atoms with Crippen LogP contribution in [-0.4, -0.2) is 23.5 Å². The summed E-state index contributed by atoms with van der Waals surface area (Å²) in [5.41, 5.74) is 0.798. The molecule has 2 aliphatic carbocycles. The van der Waals surface area contributed by atoms with E-state index >= 15 is 0 Å². The molecule has 180 valence electrons. The van der Waals surface area contributed by atoms with E-state index in [9.17, 15) is 18.4 Å². The molecule has 2 aromatic carbocycles. The van der Waals surface area contributed by atoms with E-state index < -0.39 is 35.4 Å². The Labute approximate surface area is 202 Å². The van der Waals surface area contributed by atoms with Crippen molar-refractivity contribution in [2.45, 2.75) is 50.9 Å². The maximum Gasteiger partial charge on any atom is 0.342 e. The standard InChI is InChI=1S/C28H25F2NO4/c1-16-23(32)9-11-27(2)10-8-21-25(24(16)27)34-26(33)28(21)15-22(17-12-18(29)14-19(30)13-17)31(35-28)20-6-4-3-5-7-20/h3-7,9,11-14,21-22,25H,8,10,15H2,1-2H3/t21-,22-,25+,27+,28?/m1/s1. The number of allylic oxidation sites excluding steroid dienone is 3. The van der Waals surface area contributed by atoms with Gasteiger partial charge in [0.2, 0.25) is 5.60 Å². The van der Waals surface area contributed by atoms with Gasteiger partial charge in [-0.2, -0.15) is 0 Å². The molecule has 2 heterocycles. The molecule has 0 amide bonds. The number of hydrogen-bond acceptors (Lipinski definition) is 5. The summed E-state index contributed by atoms with van der Waals surface area (Å²) in [5.74, 6) is -2.30. The van der Waals surface area contributed by atoms with E-state index in [0.717, 1.165) is 18.1 Å². The van der Waals surface area contributed by atoms with Gasteiger partial charge in [0, 0.05) is 29.4 Å². The first-order chi connectivity index (χ1) is 16.7. The lowest BCUT2D eigenvalue weighted by Crippen LogP contribution is -2.47. The zero-order valence-corrected chi connectivity index (χ0v) is 19.5. The average Bonchev–Trinajstić information content (AvgIpc) is 3.35. The van der Waals surface area contributed by atoms with Crippen molar-refractivity contribution in [2.24, 2.45) is 11.3 Å². The van der Waals surface area contributed by atoms with Crippen LogP contribution in [0, 0.1) is 23.0 Å². The van der Waals surface area contributed by atoms with E-state index in [4.69, 9.17) is 9.57 Å². The molecule has 5 atom stereocenters. The van der Waals surface area contributed by atoms with Gasteiger partial charge in [0.05, 0.1) is 11.7 Å². The molecule has 0 N–H and O–H groups in total. The number of para-hydroxylation sites is 1. The fraction of sp³-hybridized carbons (Fsp3) is 0.357. The van der Waals surface area contributed by atoms with Gasteiger partial charge in [-0.25, -0.2) is 18.6 Å². The summed E-state index contributed by atoms with van der Waals surface area (Å²) >= 11 is 0. The van der Waals surface area contributed by atoms with Gasteiger partial charge >= 0.3 is 5.97 Å². The maximum atomic E-state index is 14.2. The highest BCUT2D eigenvalue weighted by Crippen LogP contribution is 2.59. The van der Waals surface area contributed by atoms with Gasteiger partial charge in [-0.05, 0) is 61.2 Å². The molecule has 5 nitrogen and oxygen atoms in total. The van der Waals surface area contributed by atoms with Gasteiger partial charge in [0.25, 0.3) is 0 Å². The number of hydroxylamine groups is 1. The number of anilines is 1. The van der Waals surface area contributed by atoms with Gasteiger partial charge in [-0.1, -0.05) is 31.2 Å². The zero-order valence-electron chi connectivity index (χ0n) is 19.5. The minimum absolute atomic E-state index is 0.0820. The number of fused-ring (bicyclic) bond motifs is 4. The van der Waals surface area contributed by atoms with Crippen LogP contribution in [0.1, 0.15) is 44.7 Å². The predicted octanol–water partition coefficient (Wildman–Crippen LogP) is 5.38. The van der Waals surface area contributed by atoms with Gasteiger partial charge in [0.15, 0.2) is 5.78 Å². The Kier molecular flexibility index (Phi) is 4.81. The van der Waals surface area contributed by atoms with E-state index in [1.807, 2.05) is 36.4 Å². The molecule has 1 unspecified atom stereocenters. The molecule has 0 bridgehead atoms. The number of rotatable bonds is 2. The largest absolute Gasteiger partial charge is 0.455 e. The number of benzene rings is 2. The number of ketones is 1. The monoisotopic (exact) mass is 477 g/mol. The third-order valence-corrected chi connectivity index (χ3v) is 8.12. The van der Waals surface area contributed by atoms with Crippen LogP contribution in [0.4, 0.5) is 14.5 Å². The third-order valence-electron chi connectivity index (χ3n) is 8.12. The van der Waals surface area contributed by atoms with E-state index in [-0.39, 0.29) is 23.5 Å². The number of esters is 1. The third kappa shape index (κ3) is 3.21. The van der Waals surface area contributed by atoms with Crippen LogP contribution >= 0.6 is 0 Å². The summed E-state index contributed by atoms with van der Waals surface area (Å²) in [4.78, 5) is 32.6.